The van der Waals surface area contributed by atoms with Gasteiger partial charge in [0.15, 0.2) is 0 Å². The SMILES string of the molecule is CC1(O)CC(n2cccc2)=C(n2cccc2)C1=O. The van der Waals surface area contributed by atoms with Crippen LogP contribution >= 0.6 is 0 Å². The van der Waals surface area contributed by atoms with E-state index in [-0.39, 0.29) is 5.78 Å². The lowest BCUT2D eigenvalue weighted by Crippen LogP contribution is -2.31. The lowest BCUT2D eigenvalue weighted by atomic mass is 10.0. The van der Waals surface area contributed by atoms with Crippen molar-refractivity contribution in [2.24, 2.45) is 0 Å². The number of nitrogens with zero attached hydrogens (tertiary/aromatic N) is 2. The molecule has 1 N–H and O–H groups in total. The van der Waals surface area contributed by atoms with Crippen LogP contribution in [0.2, 0.25) is 0 Å². The normalized spacial score (nSPS) is 24.0. The maximum atomic E-state index is 12.3. The molecule has 1 atom stereocenters. The molecule has 0 radical (unpaired) electrons. The second kappa shape index (κ2) is 3.71. The Hall–Kier alpha value is -2.07. The van der Waals surface area contributed by atoms with Gasteiger partial charge in [-0.25, -0.2) is 0 Å². The fourth-order valence-corrected chi connectivity index (χ4v) is 2.35. The molecule has 0 saturated carbocycles. The molecule has 1 unspecified atom stereocenters. The van der Waals surface area contributed by atoms with Crippen LogP contribution in [0.3, 0.4) is 0 Å². The first-order chi connectivity index (χ1) is 8.59. The zero-order valence-corrected chi connectivity index (χ0v) is 10.1. The summed E-state index contributed by atoms with van der Waals surface area (Å²) in [6, 6.07) is 7.52. The molecule has 0 amide bonds. The molecule has 18 heavy (non-hydrogen) atoms. The van der Waals surface area contributed by atoms with E-state index in [0.717, 1.165) is 5.70 Å². The number of carbonyl (C=O) groups is 1. The molecular weight excluding hydrogens is 228 g/mol. The fraction of sp³-hybridized carbons (Fsp3) is 0.214. The van der Waals surface area contributed by atoms with Crippen LogP contribution in [0, 0.1) is 0 Å². The van der Waals surface area contributed by atoms with Crippen molar-refractivity contribution in [3.8, 4) is 0 Å². The van der Waals surface area contributed by atoms with Crippen molar-refractivity contribution in [3.05, 3.63) is 49.1 Å². The number of carbonyl (C=O) groups excluding carboxylic acids is 1. The highest BCUT2D eigenvalue weighted by atomic mass is 16.3. The second-order valence-corrected chi connectivity index (χ2v) is 4.76. The molecular formula is C14H14N2O2. The largest absolute Gasteiger partial charge is 0.381 e. The Morgan fingerprint density at radius 2 is 1.56 bits per heavy atom. The van der Waals surface area contributed by atoms with Crippen molar-refractivity contribution in [1.29, 1.82) is 0 Å². The summed E-state index contributed by atoms with van der Waals surface area (Å²) in [7, 11) is 0. The molecule has 0 bridgehead atoms. The number of aromatic nitrogens is 2. The van der Waals surface area contributed by atoms with Crippen LogP contribution in [0.15, 0.2) is 49.1 Å². The van der Waals surface area contributed by atoms with Gasteiger partial charge in [-0.2, -0.15) is 0 Å². The average molecular weight is 242 g/mol. The highest BCUT2D eigenvalue weighted by Crippen LogP contribution is 2.37. The van der Waals surface area contributed by atoms with Crippen LogP contribution in [-0.2, 0) is 4.79 Å². The zero-order valence-electron chi connectivity index (χ0n) is 10.1. The Kier molecular flexibility index (Phi) is 2.28. The van der Waals surface area contributed by atoms with Crippen molar-refractivity contribution < 1.29 is 9.90 Å². The number of Topliss-reactive ketones (excluding diaryl/α,β-unsaturated/α-hetero) is 1. The minimum Gasteiger partial charge on any atom is -0.381 e. The molecule has 2 aromatic rings. The number of ketones is 1. The summed E-state index contributed by atoms with van der Waals surface area (Å²) in [6.07, 6.45) is 7.73. The van der Waals surface area contributed by atoms with Crippen molar-refractivity contribution in [3.63, 3.8) is 0 Å². The molecule has 0 aromatic carbocycles. The number of hydrogen-bond donors (Lipinski definition) is 1. The Morgan fingerprint density at radius 3 is 2.11 bits per heavy atom. The van der Waals surface area contributed by atoms with Crippen LogP contribution in [-0.4, -0.2) is 25.6 Å². The van der Waals surface area contributed by atoms with Crippen LogP contribution in [0.5, 0.6) is 0 Å². The molecule has 0 spiro atoms. The third-order valence-corrected chi connectivity index (χ3v) is 3.27. The maximum absolute atomic E-state index is 12.3. The fourth-order valence-electron chi connectivity index (χ4n) is 2.35. The Morgan fingerprint density at radius 1 is 1.06 bits per heavy atom. The quantitative estimate of drug-likeness (QED) is 0.873. The molecule has 0 aliphatic heterocycles. The van der Waals surface area contributed by atoms with Crippen molar-refractivity contribution in [2.75, 3.05) is 0 Å². The minimum absolute atomic E-state index is 0.234. The van der Waals surface area contributed by atoms with Gasteiger partial charge in [0.05, 0.1) is 5.70 Å². The summed E-state index contributed by atoms with van der Waals surface area (Å²) < 4.78 is 3.65. The predicted octanol–water partition coefficient (Wildman–Crippen LogP) is 1.84. The van der Waals surface area contributed by atoms with Crippen molar-refractivity contribution in [1.82, 2.24) is 9.13 Å². The van der Waals surface area contributed by atoms with Gasteiger partial charge in [0, 0.05) is 31.2 Å². The summed E-state index contributed by atoms with van der Waals surface area (Å²) in [5.74, 6) is -0.234. The third kappa shape index (κ3) is 1.54. The first-order valence-corrected chi connectivity index (χ1v) is 5.86. The van der Waals surface area contributed by atoms with Crippen LogP contribution < -0.4 is 0 Å². The second-order valence-electron chi connectivity index (χ2n) is 4.76. The molecule has 4 nitrogen and oxygen atoms in total. The molecule has 92 valence electrons. The van der Waals surface area contributed by atoms with E-state index >= 15 is 0 Å². The van der Waals surface area contributed by atoms with Crippen LogP contribution in [0.4, 0.5) is 0 Å². The standard InChI is InChI=1S/C14H14N2O2/c1-14(18)10-11(15-6-2-3-7-15)12(13(14)17)16-8-4-5-9-16/h2-9,18H,10H2,1H3. The molecule has 2 aromatic heterocycles. The predicted molar refractivity (Wildman–Crippen MR) is 68.5 cm³/mol. The molecule has 3 rings (SSSR count). The first-order valence-electron chi connectivity index (χ1n) is 5.86. The molecule has 2 heterocycles. The molecule has 1 aliphatic rings. The topological polar surface area (TPSA) is 47.2 Å². The van der Waals surface area contributed by atoms with Gasteiger partial charge < -0.3 is 14.2 Å². The summed E-state index contributed by atoms with van der Waals surface area (Å²) in [5, 5.41) is 10.2. The summed E-state index contributed by atoms with van der Waals surface area (Å²) >= 11 is 0. The zero-order chi connectivity index (χ0) is 12.8. The van der Waals surface area contributed by atoms with Gasteiger partial charge in [-0.15, -0.1) is 0 Å². The van der Waals surface area contributed by atoms with Crippen molar-refractivity contribution in [2.45, 2.75) is 18.9 Å². The van der Waals surface area contributed by atoms with Gasteiger partial charge in [-0.3, -0.25) is 4.79 Å². The molecule has 4 heteroatoms. The maximum Gasteiger partial charge on any atom is 0.212 e. The number of hydrogen-bond acceptors (Lipinski definition) is 2. The van der Waals surface area contributed by atoms with E-state index in [0.29, 0.717) is 12.1 Å². The van der Waals surface area contributed by atoms with E-state index in [2.05, 4.69) is 0 Å². The monoisotopic (exact) mass is 242 g/mol. The molecule has 1 aliphatic carbocycles. The van der Waals surface area contributed by atoms with Crippen molar-refractivity contribution >= 4 is 17.2 Å². The highest BCUT2D eigenvalue weighted by molar-refractivity contribution is 6.28. The van der Waals surface area contributed by atoms with E-state index in [1.807, 2.05) is 53.6 Å². The molecule has 0 saturated heterocycles. The lowest BCUT2D eigenvalue weighted by molar-refractivity contribution is -0.128. The van der Waals surface area contributed by atoms with Gasteiger partial charge in [-0.1, -0.05) is 0 Å². The highest BCUT2D eigenvalue weighted by Gasteiger charge is 2.43. The lowest BCUT2D eigenvalue weighted by Gasteiger charge is -2.14. The Labute approximate surface area is 105 Å². The van der Waals surface area contributed by atoms with Gasteiger partial charge >= 0.3 is 0 Å². The molecule has 0 fully saturated rings. The minimum atomic E-state index is -1.32. The van der Waals surface area contributed by atoms with Crippen LogP contribution in [0.1, 0.15) is 13.3 Å². The Balaban J connectivity index is 2.19. The van der Waals surface area contributed by atoms with Gasteiger partial charge in [0.25, 0.3) is 0 Å². The summed E-state index contributed by atoms with van der Waals surface area (Å²) in [4.78, 5) is 12.3. The third-order valence-electron chi connectivity index (χ3n) is 3.27. The van der Waals surface area contributed by atoms with Gasteiger partial charge in [0.1, 0.15) is 11.3 Å². The van der Waals surface area contributed by atoms with E-state index in [1.54, 1.807) is 11.5 Å². The Bertz CT molecular complexity index is 604. The van der Waals surface area contributed by atoms with E-state index < -0.39 is 5.60 Å². The first kappa shape index (κ1) is 11.0. The van der Waals surface area contributed by atoms with Gasteiger partial charge in [-0.05, 0) is 31.2 Å². The van der Waals surface area contributed by atoms with Gasteiger partial charge in [0.2, 0.25) is 5.78 Å². The summed E-state index contributed by atoms with van der Waals surface area (Å²) in [5.41, 5.74) is 0.0477. The number of rotatable bonds is 2. The average Bonchev–Trinajstić information content (AvgIpc) is 3.02. The van der Waals surface area contributed by atoms with E-state index in [9.17, 15) is 9.90 Å². The number of aliphatic hydroxyl groups is 1. The van der Waals surface area contributed by atoms with E-state index in [1.165, 1.54) is 0 Å². The smallest absolute Gasteiger partial charge is 0.212 e. The van der Waals surface area contributed by atoms with Crippen LogP contribution in [0.25, 0.3) is 11.4 Å². The van der Waals surface area contributed by atoms with E-state index in [4.69, 9.17) is 0 Å². The summed E-state index contributed by atoms with van der Waals surface area (Å²) in [6.45, 7) is 1.56.